The van der Waals surface area contributed by atoms with Gasteiger partial charge in [0.05, 0.1) is 6.26 Å². The smallest absolute Gasteiger partial charge is 0.341 e. The lowest BCUT2D eigenvalue weighted by molar-refractivity contribution is -0.139. The number of carbonyl (C=O) groups excluding carboxylic acids is 1. The number of nitrogens with one attached hydrogen (secondary N) is 1. The lowest BCUT2D eigenvalue weighted by Crippen LogP contribution is -2.13. The Morgan fingerprint density at radius 2 is 1.88 bits per heavy atom. The summed E-state index contributed by atoms with van der Waals surface area (Å²) in [6, 6.07) is 12.3. The zero-order valence-corrected chi connectivity index (χ0v) is 12.9. The molecular formula is C18H15NO5. The molecule has 2 N–H and O–H groups in total. The number of rotatable bonds is 5. The SMILES string of the molecule is Cc1ccoc1C(=O)Nc1ccc(OCC(=O)O)c2ccccc12. The predicted octanol–water partition coefficient (Wildman–Crippen LogP) is 3.46. The molecule has 24 heavy (non-hydrogen) atoms. The van der Waals surface area contributed by atoms with Gasteiger partial charge >= 0.3 is 5.97 Å². The quantitative estimate of drug-likeness (QED) is 0.750. The topological polar surface area (TPSA) is 88.8 Å². The van der Waals surface area contributed by atoms with E-state index in [-0.39, 0.29) is 11.7 Å². The van der Waals surface area contributed by atoms with Gasteiger partial charge in [-0.1, -0.05) is 24.3 Å². The van der Waals surface area contributed by atoms with Crippen molar-refractivity contribution in [2.24, 2.45) is 0 Å². The largest absolute Gasteiger partial charge is 0.481 e. The molecule has 0 atom stereocenters. The van der Waals surface area contributed by atoms with E-state index in [9.17, 15) is 9.59 Å². The van der Waals surface area contributed by atoms with Crippen LogP contribution < -0.4 is 10.1 Å². The van der Waals surface area contributed by atoms with E-state index >= 15 is 0 Å². The summed E-state index contributed by atoms with van der Waals surface area (Å²) < 4.78 is 10.5. The zero-order valence-electron chi connectivity index (χ0n) is 12.9. The van der Waals surface area contributed by atoms with Crippen molar-refractivity contribution in [3.8, 4) is 5.75 Å². The van der Waals surface area contributed by atoms with Gasteiger partial charge in [-0.05, 0) is 25.1 Å². The molecule has 1 aromatic heterocycles. The van der Waals surface area contributed by atoms with Crippen molar-refractivity contribution in [2.45, 2.75) is 6.92 Å². The van der Waals surface area contributed by atoms with E-state index in [1.54, 1.807) is 31.2 Å². The Morgan fingerprint density at radius 3 is 2.54 bits per heavy atom. The Balaban J connectivity index is 1.95. The van der Waals surface area contributed by atoms with Gasteiger partial charge in [-0.3, -0.25) is 4.79 Å². The van der Waals surface area contributed by atoms with Crippen LogP contribution in [0.15, 0.2) is 53.1 Å². The Hall–Kier alpha value is -3.28. The fourth-order valence-electron chi connectivity index (χ4n) is 2.43. The fraction of sp³-hybridized carbons (Fsp3) is 0.111. The van der Waals surface area contributed by atoms with Gasteiger partial charge < -0.3 is 19.6 Å². The van der Waals surface area contributed by atoms with Gasteiger partial charge in [0, 0.05) is 22.0 Å². The number of carboxylic acid groups (broad SMARTS) is 1. The maximum atomic E-state index is 12.3. The number of aryl methyl sites for hydroxylation is 1. The number of carboxylic acids is 1. The van der Waals surface area contributed by atoms with Crippen LogP contribution in [0, 0.1) is 6.92 Å². The van der Waals surface area contributed by atoms with Gasteiger partial charge in [0.15, 0.2) is 12.4 Å². The van der Waals surface area contributed by atoms with Gasteiger partial charge in [0.1, 0.15) is 5.75 Å². The van der Waals surface area contributed by atoms with Gasteiger partial charge in [-0.25, -0.2) is 4.79 Å². The van der Waals surface area contributed by atoms with E-state index in [4.69, 9.17) is 14.3 Å². The van der Waals surface area contributed by atoms with E-state index in [0.29, 0.717) is 16.8 Å². The molecule has 0 aliphatic rings. The van der Waals surface area contributed by atoms with Crippen molar-refractivity contribution >= 4 is 28.3 Å². The van der Waals surface area contributed by atoms with E-state index in [2.05, 4.69) is 5.32 Å². The van der Waals surface area contributed by atoms with E-state index < -0.39 is 12.6 Å². The minimum absolute atomic E-state index is 0.255. The molecule has 0 bridgehead atoms. The van der Waals surface area contributed by atoms with Crippen LogP contribution in [0.4, 0.5) is 5.69 Å². The van der Waals surface area contributed by atoms with E-state index in [0.717, 1.165) is 10.9 Å². The number of hydrogen-bond acceptors (Lipinski definition) is 4. The lowest BCUT2D eigenvalue weighted by atomic mass is 10.1. The van der Waals surface area contributed by atoms with Crippen LogP contribution in [0.25, 0.3) is 10.8 Å². The van der Waals surface area contributed by atoms with Crippen molar-refractivity contribution in [1.29, 1.82) is 0 Å². The average Bonchev–Trinajstić information content (AvgIpc) is 3.00. The Labute approximate surface area is 137 Å². The molecule has 2 aromatic carbocycles. The van der Waals surface area contributed by atoms with Crippen LogP contribution in [0.3, 0.4) is 0 Å². The first-order valence-electron chi connectivity index (χ1n) is 7.28. The molecule has 0 saturated heterocycles. The first kappa shape index (κ1) is 15.6. The molecule has 6 nitrogen and oxygen atoms in total. The molecule has 0 fully saturated rings. The van der Waals surface area contributed by atoms with Crippen LogP contribution in [0.2, 0.25) is 0 Å². The molecule has 3 rings (SSSR count). The average molecular weight is 325 g/mol. The monoisotopic (exact) mass is 325 g/mol. The second kappa shape index (κ2) is 6.45. The van der Waals surface area contributed by atoms with Gasteiger partial charge in [-0.15, -0.1) is 0 Å². The summed E-state index contributed by atoms with van der Waals surface area (Å²) in [4.78, 5) is 23.0. The first-order chi connectivity index (χ1) is 11.6. The molecule has 0 saturated carbocycles. The standard InChI is InChI=1S/C18H15NO5/c1-11-8-9-23-17(11)18(22)19-14-6-7-15(24-10-16(20)21)13-5-3-2-4-12(13)14/h2-9H,10H2,1H3,(H,19,22)(H,20,21). The molecule has 6 heteroatoms. The van der Waals surface area contributed by atoms with Gasteiger partial charge in [0.2, 0.25) is 0 Å². The molecule has 1 heterocycles. The number of aliphatic carboxylic acids is 1. The second-order valence-corrected chi connectivity index (χ2v) is 5.23. The number of amides is 1. The van der Waals surface area contributed by atoms with Crippen molar-refractivity contribution < 1.29 is 23.8 Å². The third kappa shape index (κ3) is 3.08. The number of hydrogen-bond donors (Lipinski definition) is 2. The summed E-state index contributed by atoms with van der Waals surface area (Å²) in [5, 5.41) is 13.0. The number of ether oxygens (including phenoxy) is 1. The molecule has 0 spiro atoms. The molecule has 0 aliphatic carbocycles. The maximum absolute atomic E-state index is 12.3. The van der Waals surface area contributed by atoms with Crippen LogP contribution in [-0.4, -0.2) is 23.6 Å². The number of anilines is 1. The van der Waals surface area contributed by atoms with E-state index in [1.807, 2.05) is 18.2 Å². The highest BCUT2D eigenvalue weighted by Crippen LogP contribution is 2.32. The Bertz CT molecular complexity index is 913. The molecule has 0 unspecified atom stereocenters. The summed E-state index contributed by atoms with van der Waals surface area (Å²) in [6.45, 7) is 1.36. The number of carbonyl (C=O) groups is 2. The Kier molecular flexibility index (Phi) is 4.20. The Morgan fingerprint density at radius 1 is 1.12 bits per heavy atom. The molecular weight excluding hydrogens is 310 g/mol. The van der Waals surface area contributed by atoms with E-state index in [1.165, 1.54) is 6.26 Å². The molecule has 122 valence electrons. The summed E-state index contributed by atoms with van der Waals surface area (Å²) in [5.74, 6) is -0.697. The summed E-state index contributed by atoms with van der Waals surface area (Å²) in [5.41, 5.74) is 1.34. The second-order valence-electron chi connectivity index (χ2n) is 5.23. The van der Waals surface area contributed by atoms with Gasteiger partial charge in [-0.2, -0.15) is 0 Å². The van der Waals surface area contributed by atoms with Crippen molar-refractivity contribution in [2.75, 3.05) is 11.9 Å². The van der Waals surface area contributed by atoms with Crippen molar-refractivity contribution in [1.82, 2.24) is 0 Å². The third-order valence-corrected chi connectivity index (χ3v) is 3.55. The fourth-order valence-corrected chi connectivity index (χ4v) is 2.43. The minimum Gasteiger partial charge on any atom is -0.481 e. The third-order valence-electron chi connectivity index (χ3n) is 3.55. The predicted molar refractivity (Wildman–Crippen MR) is 88.5 cm³/mol. The molecule has 0 radical (unpaired) electrons. The van der Waals surface area contributed by atoms with Crippen LogP contribution >= 0.6 is 0 Å². The highest BCUT2D eigenvalue weighted by Gasteiger charge is 2.15. The zero-order chi connectivity index (χ0) is 17.1. The summed E-state index contributed by atoms with van der Waals surface area (Å²) in [6.07, 6.45) is 1.46. The number of benzene rings is 2. The van der Waals surface area contributed by atoms with Gasteiger partial charge in [0.25, 0.3) is 5.91 Å². The lowest BCUT2D eigenvalue weighted by Gasteiger charge is -2.12. The summed E-state index contributed by atoms with van der Waals surface area (Å²) in [7, 11) is 0. The van der Waals surface area contributed by atoms with Crippen molar-refractivity contribution in [3.05, 3.63) is 60.1 Å². The van der Waals surface area contributed by atoms with Crippen LogP contribution in [0.5, 0.6) is 5.75 Å². The molecule has 0 aliphatic heterocycles. The molecule has 1 amide bonds. The minimum atomic E-state index is -1.05. The molecule has 3 aromatic rings. The maximum Gasteiger partial charge on any atom is 0.341 e. The highest BCUT2D eigenvalue weighted by molar-refractivity contribution is 6.09. The van der Waals surface area contributed by atoms with Crippen LogP contribution in [-0.2, 0) is 4.79 Å². The number of fused-ring (bicyclic) bond motifs is 1. The first-order valence-corrected chi connectivity index (χ1v) is 7.28. The van der Waals surface area contributed by atoms with Crippen molar-refractivity contribution in [3.63, 3.8) is 0 Å². The normalized spacial score (nSPS) is 10.5. The van der Waals surface area contributed by atoms with Crippen LogP contribution in [0.1, 0.15) is 16.1 Å². The highest BCUT2D eigenvalue weighted by atomic mass is 16.5. The summed E-state index contributed by atoms with van der Waals surface area (Å²) >= 11 is 0. The number of furan rings is 1.